The molecule has 1 aliphatic heterocycles. The molecular weight excluding hydrogens is 446 g/mol. The Balaban J connectivity index is 1.60. The standard InChI is InChI=1S/C22H18BrN5S/c1-15-27(18-13-11-17(23)12-14-18)25-21(16-7-3-2-4-8-16)26-28(15)22-24-19-9-5-6-10-20(19)29-22/h2-15H,1H3,(H,25,26). The van der Waals surface area contributed by atoms with Gasteiger partial charge in [0.05, 0.1) is 15.9 Å². The average Bonchev–Trinajstić information content (AvgIpc) is 3.19. The van der Waals surface area contributed by atoms with Gasteiger partial charge >= 0.3 is 0 Å². The van der Waals surface area contributed by atoms with Crippen LogP contribution in [0, 0.1) is 0 Å². The van der Waals surface area contributed by atoms with Crippen molar-refractivity contribution in [2.75, 3.05) is 10.0 Å². The lowest BCUT2D eigenvalue weighted by Crippen LogP contribution is -2.58. The first-order chi connectivity index (χ1) is 14.2. The molecule has 29 heavy (non-hydrogen) atoms. The van der Waals surface area contributed by atoms with Crippen molar-refractivity contribution in [3.8, 4) is 0 Å². The Morgan fingerprint density at radius 3 is 2.41 bits per heavy atom. The van der Waals surface area contributed by atoms with Crippen molar-refractivity contribution >= 4 is 54.1 Å². The summed E-state index contributed by atoms with van der Waals surface area (Å²) in [6.45, 7) is 2.12. The SMILES string of the molecule is CC1N(c2ccc(Br)cc2)N=C(c2ccccc2)NN1c1nc2ccccc2s1. The van der Waals surface area contributed by atoms with Crippen molar-refractivity contribution in [3.05, 3.63) is 88.9 Å². The van der Waals surface area contributed by atoms with Crippen molar-refractivity contribution in [3.63, 3.8) is 0 Å². The zero-order chi connectivity index (χ0) is 19.8. The summed E-state index contributed by atoms with van der Waals surface area (Å²) >= 11 is 5.18. The topological polar surface area (TPSA) is 43.8 Å². The Kier molecular flexibility index (Phi) is 4.69. The number of hydrogen-bond donors (Lipinski definition) is 1. The summed E-state index contributed by atoms with van der Waals surface area (Å²) in [6, 6.07) is 26.5. The molecule has 4 aromatic rings. The maximum atomic E-state index is 4.92. The summed E-state index contributed by atoms with van der Waals surface area (Å²) in [7, 11) is 0. The first-order valence-electron chi connectivity index (χ1n) is 9.29. The number of benzene rings is 3. The molecule has 0 saturated heterocycles. The van der Waals surface area contributed by atoms with Crippen LogP contribution in [0.2, 0.25) is 0 Å². The lowest BCUT2D eigenvalue weighted by molar-refractivity contribution is 0.551. The fraction of sp³-hybridized carbons (Fsp3) is 0.0909. The van der Waals surface area contributed by atoms with E-state index in [2.05, 4.69) is 63.6 Å². The Labute approximate surface area is 181 Å². The second-order valence-electron chi connectivity index (χ2n) is 6.71. The van der Waals surface area contributed by atoms with Crippen LogP contribution in [-0.2, 0) is 0 Å². The Bertz CT molecular complexity index is 1140. The maximum absolute atomic E-state index is 4.92. The summed E-state index contributed by atoms with van der Waals surface area (Å²) < 4.78 is 2.20. The number of halogens is 1. The quantitative estimate of drug-likeness (QED) is 0.429. The Morgan fingerprint density at radius 2 is 1.66 bits per heavy atom. The number of amidine groups is 1. The number of aromatic nitrogens is 1. The van der Waals surface area contributed by atoms with Gasteiger partial charge in [-0.3, -0.25) is 5.43 Å². The van der Waals surface area contributed by atoms with Crippen molar-refractivity contribution < 1.29 is 0 Å². The van der Waals surface area contributed by atoms with Gasteiger partial charge in [-0.25, -0.2) is 15.0 Å². The van der Waals surface area contributed by atoms with Gasteiger partial charge in [0.2, 0.25) is 5.13 Å². The van der Waals surface area contributed by atoms with E-state index in [1.807, 2.05) is 53.5 Å². The van der Waals surface area contributed by atoms with E-state index in [0.717, 1.165) is 36.9 Å². The van der Waals surface area contributed by atoms with Gasteiger partial charge in [0.25, 0.3) is 0 Å². The molecule has 144 valence electrons. The van der Waals surface area contributed by atoms with Crippen LogP contribution >= 0.6 is 27.3 Å². The van der Waals surface area contributed by atoms with Crippen LogP contribution in [0.3, 0.4) is 0 Å². The maximum Gasteiger partial charge on any atom is 0.207 e. The molecule has 1 unspecified atom stereocenters. The minimum Gasteiger partial charge on any atom is -0.276 e. The molecule has 0 saturated carbocycles. The summed E-state index contributed by atoms with van der Waals surface area (Å²) in [5.41, 5.74) is 6.53. The number of hydrazone groups is 1. The van der Waals surface area contributed by atoms with Gasteiger partial charge in [0.1, 0.15) is 6.17 Å². The van der Waals surface area contributed by atoms with Gasteiger partial charge in [0.15, 0.2) is 5.84 Å². The first-order valence-corrected chi connectivity index (χ1v) is 10.9. The molecule has 1 N–H and O–H groups in total. The van der Waals surface area contributed by atoms with Crippen molar-refractivity contribution in [2.24, 2.45) is 5.10 Å². The second-order valence-corrected chi connectivity index (χ2v) is 8.64. The van der Waals surface area contributed by atoms with Crippen LogP contribution in [-0.4, -0.2) is 17.0 Å². The number of thiazole rings is 1. The van der Waals surface area contributed by atoms with Gasteiger partial charge < -0.3 is 0 Å². The molecule has 5 rings (SSSR count). The molecule has 0 fully saturated rings. The molecule has 0 aliphatic carbocycles. The number of anilines is 2. The van der Waals surface area contributed by atoms with Crippen LogP contribution in [0.5, 0.6) is 0 Å². The average molecular weight is 464 g/mol. The third kappa shape index (κ3) is 3.47. The summed E-state index contributed by atoms with van der Waals surface area (Å²) in [6.07, 6.45) is -0.0656. The van der Waals surface area contributed by atoms with E-state index in [1.54, 1.807) is 11.3 Å². The van der Waals surface area contributed by atoms with E-state index in [9.17, 15) is 0 Å². The van der Waals surface area contributed by atoms with Crippen LogP contribution in [0.1, 0.15) is 12.5 Å². The Hall–Kier alpha value is -2.90. The highest BCUT2D eigenvalue weighted by Crippen LogP contribution is 2.32. The summed E-state index contributed by atoms with van der Waals surface area (Å²) in [5, 5.41) is 9.94. The molecule has 1 atom stereocenters. The normalized spacial score (nSPS) is 16.6. The van der Waals surface area contributed by atoms with E-state index in [0.29, 0.717) is 0 Å². The number of fused-ring (bicyclic) bond motifs is 1. The van der Waals surface area contributed by atoms with Gasteiger partial charge in [-0.15, -0.1) is 0 Å². The number of nitrogens with zero attached hydrogens (tertiary/aromatic N) is 4. The fourth-order valence-corrected chi connectivity index (χ4v) is 4.55. The van der Waals surface area contributed by atoms with Crippen LogP contribution in [0.15, 0.2) is 88.4 Å². The van der Waals surface area contributed by atoms with Crippen molar-refractivity contribution in [1.29, 1.82) is 0 Å². The molecule has 1 aromatic heterocycles. The molecule has 0 spiro atoms. The highest BCUT2D eigenvalue weighted by Gasteiger charge is 2.30. The third-order valence-electron chi connectivity index (χ3n) is 4.79. The molecule has 5 nitrogen and oxygen atoms in total. The highest BCUT2D eigenvalue weighted by molar-refractivity contribution is 9.10. The highest BCUT2D eigenvalue weighted by atomic mass is 79.9. The third-order valence-corrected chi connectivity index (χ3v) is 6.35. The van der Waals surface area contributed by atoms with Crippen molar-refractivity contribution in [2.45, 2.75) is 13.1 Å². The Morgan fingerprint density at radius 1 is 0.931 bits per heavy atom. The van der Waals surface area contributed by atoms with Gasteiger partial charge in [-0.1, -0.05) is 69.7 Å². The van der Waals surface area contributed by atoms with Crippen LogP contribution in [0.25, 0.3) is 10.2 Å². The zero-order valence-corrected chi connectivity index (χ0v) is 18.1. The minimum atomic E-state index is -0.0656. The molecule has 0 amide bonds. The number of nitrogens with one attached hydrogen (secondary N) is 1. The molecule has 2 heterocycles. The summed E-state index contributed by atoms with van der Waals surface area (Å²) in [5.74, 6) is 0.783. The van der Waals surface area contributed by atoms with Crippen LogP contribution in [0.4, 0.5) is 10.8 Å². The molecule has 3 aromatic carbocycles. The smallest absolute Gasteiger partial charge is 0.207 e. The van der Waals surface area contributed by atoms with Crippen molar-refractivity contribution in [1.82, 2.24) is 10.4 Å². The van der Waals surface area contributed by atoms with Gasteiger partial charge in [0, 0.05) is 10.0 Å². The van der Waals surface area contributed by atoms with E-state index in [4.69, 9.17) is 10.1 Å². The predicted molar refractivity (Wildman–Crippen MR) is 124 cm³/mol. The number of para-hydroxylation sites is 1. The molecule has 0 bridgehead atoms. The van der Waals surface area contributed by atoms with E-state index in [1.165, 1.54) is 0 Å². The minimum absolute atomic E-state index is 0.0656. The molecule has 0 radical (unpaired) electrons. The van der Waals surface area contributed by atoms with Gasteiger partial charge in [-0.05, 0) is 43.3 Å². The zero-order valence-electron chi connectivity index (χ0n) is 15.7. The largest absolute Gasteiger partial charge is 0.276 e. The lowest BCUT2D eigenvalue weighted by atomic mass is 10.2. The molecule has 1 aliphatic rings. The fourth-order valence-electron chi connectivity index (χ4n) is 3.29. The summed E-state index contributed by atoms with van der Waals surface area (Å²) in [4.78, 5) is 4.85. The molecular formula is C22H18BrN5S. The van der Waals surface area contributed by atoms with Crippen LogP contribution < -0.4 is 15.4 Å². The second kappa shape index (κ2) is 7.50. The first kappa shape index (κ1) is 18.1. The monoisotopic (exact) mass is 463 g/mol. The number of hydrazine groups is 1. The van der Waals surface area contributed by atoms with E-state index < -0.39 is 0 Å². The van der Waals surface area contributed by atoms with Gasteiger partial charge in [-0.2, -0.15) is 5.10 Å². The molecule has 7 heteroatoms. The number of hydrogen-bond acceptors (Lipinski definition) is 6. The lowest BCUT2D eigenvalue weighted by Gasteiger charge is -2.40. The number of rotatable bonds is 3. The van der Waals surface area contributed by atoms with E-state index in [-0.39, 0.29) is 6.17 Å². The predicted octanol–water partition coefficient (Wildman–Crippen LogP) is 5.60. The van der Waals surface area contributed by atoms with E-state index >= 15 is 0 Å².